The van der Waals surface area contributed by atoms with Crippen LogP contribution in [-0.2, 0) is 15.8 Å². The first-order valence-corrected chi connectivity index (χ1v) is 13.9. The quantitative estimate of drug-likeness (QED) is 0.488. The minimum atomic E-state index is -3.45. The van der Waals surface area contributed by atoms with Gasteiger partial charge in [-0.05, 0) is 43.4 Å². The van der Waals surface area contributed by atoms with E-state index < -0.39 is 10.0 Å². The Bertz CT molecular complexity index is 1360. The fraction of sp³-hybridized carbons (Fsp3) is 0.385. The van der Waals surface area contributed by atoms with E-state index >= 15 is 0 Å². The normalized spacial score (nSPS) is 17.4. The van der Waals surface area contributed by atoms with Gasteiger partial charge in [-0.2, -0.15) is 14.1 Å². The van der Waals surface area contributed by atoms with Crippen molar-refractivity contribution in [1.82, 2.24) is 14.1 Å². The second-order valence-electron chi connectivity index (χ2n) is 9.29. The Morgan fingerprint density at radius 1 is 0.917 bits per heavy atom. The third-order valence-corrected chi connectivity index (χ3v) is 8.68. The summed E-state index contributed by atoms with van der Waals surface area (Å²) in [7, 11) is -3.45. The van der Waals surface area contributed by atoms with E-state index in [1.807, 2.05) is 35.2 Å². The van der Waals surface area contributed by atoms with Crippen LogP contribution in [0.25, 0.3) is 5.69 Å². The van der Waals surface area contributed by atoms with Crippen molar-refractivity contribution >= 4 is 21.4 Å². The summed E-state index contributed by atoms with van der Waals surface area (Å²) >= 11 is 0. The summed E-state index contributed by atoms with van der Waals surface area (Å²) in [6, 6.07) is 16.3. The van der Waals surface area contributed by atoms with Gasteiger partial charge in [0.25, 0.3) is 0 Å². The Labute approximate surface area is 211 Å². The molecule has 5 rings (SSSR count). The lowest BCUT2D eigenvalue weighted by molar-refractivity contribution is 0.205. The molecular formula is C26H31N5O4S. The van der Waals surface area contributed by atoms with Gasteiger partial charge in [0.05, 0.1) is 29.4 Å². The van der Waals surface area contributed by atoms with Gasteiger partial charge in [0, 0.05) is 26.2 Å². The van der Waals surface area contributed by atoms with Crippen LogP contribution in [0.4, 0.5) is 11.4 Å². The maximum absolute atomic E-state index is 13.6. The Hall–Kier alpha value is -3.37. The van der Waals surface area contributed by atoms with Gasteiger partial charge >= 0.3 is 5.56 Å². The van der Waals surface area contributed by atoms with E-state index in [4.69, 9.17) is 10.5 Å². The highest BCUT2D eigenvalue weighted by molar-refractivity contribution is 7.88. The van der Waals surface area contributed by atoms with E-state index in [0.717, 1.165) is 31.2 Å². The zero-order valence-corrected chi connectivity index (χ0v) is 20.9. The number of nitrogens with two attached hydrogens (primary N) is 1. The van der Waals surface area contributed by atoms with Crippen LogP contribution < -0.4 is 20.9 Å². The highest BCUT2D eigenvalue weighted by atomic mass is 32.2. The summed E-state index contributed by atoms with van der Waals surface area (Å²) in [5, 5.41) is 4.41. The molecule has 2 heterocycles. The number of para-hydroxylation sites is 2. The monoisotopic (exact) mass is 509 g/mol. The van der Waals surface area contributed by atoms with Crippen LogP contribution in [-0.4, -0.2) is 54.8 Å². The highest BCUT2D eigenvalue weighted by Crippen LogP contribution is 2.31. The van der Waals surface area contributed by atoms with Crippen LogP contribution in [0.15, 0.2) is 65.6 Å². The Morgan fingerprint density at radius 3 is 2.28 bits per heavy atom. The molecule has 10 heteroatoms. The predicted octanol–water partition coefficient (Wildman–Crippen LogP) is 2.79. The molecule has 9 nitrogen and oxygen atoms in total. The highest BCUT2D eigenvalue weighted by Gasteiger charge is 2.30. The van der Waals surface area contributed by atoms with Crippen molar-refractivity contribution in [3.8, 4) is 11.4 Å². The molecule has 2 fully saturated rings. The van der Waals surface area contributed by atoms with Crippen LogP contribution in [0.1, 0.15) is 31.2 Å². The minimum absolute atomic E-state index is 0.0204. The molecule has 2 aliphatic rings. The number of nitrogens with zero attached hydrogens (tertiary/aromatic N) is 4. The second-order valence-corrected chi connectivity index (χ2v) is 11.3. The molecule has 1 aliphatic carbocycles. The second kappa shape index (κ2) is 10.3. The first-order chi connectivity index (χ1) is 17.4. The molecule has 2 N–H and O–H groups in total. The summed E-state index contributed by atoms with van der Waals surface area (Å²) in [6.07, 6.45) is 5.56. The van der Waals surface area contributed by atoms with Crippen LogP contribution >= 0.6 is 0 Å². The van der Waals surface area contributed by atoms with E-state index in [1.165, 1.54) is 8.99 Å². The van der Waals surface area contributed by atoms with Crippen molar-refractivity contribution in [1.29, 1.82) is 0 Å². The number of nitrogen functional groups attached to an aromatic ring is 1. The van der Waals surface area contributed by atoms with Crippen LogP contribution in [0, 0.1) is 0 Å². The molecule has 190 valence electrons. The minimum Gasteiger partial charge on any atom is -0.483 e. The molecule has 0 spiro atoms. The van der Waals surface area contributed by atoms with Crippen LogP contribution in [0.2, 0.25) is 0 Å². The number of anilines is 2. The first kappa shape index (κ1) is 24.3. The van der Waals surface area contributed by atoms with Gasteiger partial charge in [-0.1, -0.05) is 42.5 Å². The number of hydrogen-bond donors (Lipinski definition) is 1. The molecule has 0 unspecified atom stereocenters. The fourth-order valence-electron chi connectivity index (χ4n) is 4.87. The van der Waals surface area contributed by atoms with E-state index in [9.17, 15) is 13.2 Å². The van der Waals surface area contributed by atoms with Crippen molar-refractivity contribution in [3.05, 3.63) is 76.7 Å². The van der Waals surface area contributed by atoms with Gasteiger partial charge in [0.2, 0.25) is 15.8 Å². The summed E-state index contributed by atoms with van der Waals surface area (Å²) in [5.74, 6) is 0.223. The molecule has 1 aliphatic heterocycles. The van der Waals surface area contributed by atoms with Gasteiger partial charge in [-0.15, -0.1) is 0 Å². The standard InChI is InChI=1S/C26H31N5O4S/c27-22-12-6-7-13-23(22)31-26(32)25(35-21-10-4-5-11-21)24(18-28-31)29-14-16-30(17-15-29)36(33,34)19-20-8-2-1-3-9-20/h1-3,6-9,12-13,18,21H,4-5,10-11,14-17,19,27H2. The average Bonchev–Trinajstić information content (AvgIpc) is 3.40. The number of aromatic nitrogens is 2. The maximum atomic E-state index is 13.6. The van der Waals surface area contributed by atoms with E-state index in [-0.39, 0.29) is 23.2 Å². The third-order valence-electron chi connectivity index (χ3n) is 6.83. The topological polar surface area (TPSA) is 111 Å². The molecule has 0 atom stereocenters. The molecule has 3 aromatic rings. The fourth-order valence-corrected chi connectivity index (χ4v) is 6.39. The van der Waals surface area contributed by atoms with Gasteiger partial charge in [-0.3, -0.25) is 4.79 Å². The van der Waals surface area contributed by atoms with Crippen molar-refractivity contribution in [2.75, 3.05) is 36.8 Å². The van der Waals surface area contributed by atoms with Gasteiger partial charge < -0.3 is 15.4 Å². The summed E-state index contributed by atoms with van der Waals surface area (Å²) in [6.45, 7) is 1.53. The Kier molecular flexibility index (Phi) is 6.97. The van der Waals surface area contributed by atoms with E-state index in [2.05, 4.69) is 5.10 Å². The molecule has 1 saturated heterocycles. The summed E-state index contributed by atoms with van der Waals surface area (Å²) in [4.78, 5) is 15.6. The first-order valence-electron chi connectivity index (χ1n) is 12.3. The SMILES string of the molecule is Nc1ccccc1-n1ncc(N2CCN(S(=O)(=O)Cc3ccccc3)CC2)c(OC2CCCC2)c1=O. The lowest BCUT2D eigenvalue weighted by Gasteiger charge is -2.36. The van der Waals surface area contributed by atoms with Crippen molar-refractivity contribution in [2.24, 2.45) is 0 Å². The lowest BCUT2D eigenvalue weighted by Crippen LogP contribution is -2.49. The van der Waals surface area contributed by atoms with Gasteiger partial charge in [0.15, 0.2) is 0 Å². The smallest absolute Gasteiger partial charge is 0.316 e. The van der Waals surface area contributed by atoms with Crippen molar-refractivity contribution in [2.45, 2.75) is 37.5 Å². The zero-order chi connectivity index (χ0) is 25.1. The van der Waals surface area contributed by atoms with Crippen molar-refractivity contribution < 1.29 is 13.2 Å². The Morgan fingerprint density at radius 2 is 1.58 bits per heavy atom. The lowest BCUT2D eigenvalue weighted by atomic mass is 10.2. The molecule has 2 aromatic carbocycles. The summed E-state index contributed by atoms with van der Waals surface area (Å²) in [5.41, 5.74) is 8.06. The number of ether oxygens (including phenoxy) is 1. The summed E-state index contributed by atoms with van der Waals surface area (Å²) < 4.78 is 35.1. The van der Waals surface area contributed by atoms with Crippen LogP contribution in [0.5, 0.6) is 5.75 Å². The average molecular weight is 510 g/mol. The predicted molar refractivity (Wildman–Crippen MR) is 140 cm³/mol. The van der Waals surface area contributed by atoms with Gasteiger partial charge in [0.1, 0.15) is 5.69 Å². The molecule has 0 radical (unpaired) electrons. The maximum Gasteiger partial charge on any atom is 0.316 e. The molecule has 1 aromatic heterocycles. The number of sulfonamides is 1. The molecule has 0 amide bonds. The van der Waals surface area contributed by atoms with Crippen molar-refractivity contribution in [3.63, 3.8) is 0 Å². The molecule has 36 heavy (non-hydrogen) atoms. The molecular weight excluding hydrogens is 478 g/mol. The number of piperazine rings is 1. The zero-order valence-electron chi connectivity index (χ0n) is 20.1. The Balaban J connectivity index is 1.39. The van der Waals surface area contributed by atoms with E-state index in [0.29, 0.717) is 43.2 Å². The van der Waals surface area contributed by atoms with E-state index in [1.54, 1.807) is 30.5 Å². The molecule has 0 bridgehead atoms. The largest absolute Gasteiger partial charge is 0.483 e. The third kappa shape index (κ3) is 5.10. The number of benzene rings is 2. The van der Waals surface area contributed by atoms with Gasteiger partial charge in [-0.25, -0.2) is 8.42 Å². The van der Waals surface area contributed by atoms with Crippen LogP contribution in [0.3, 0.4) is 0 Å². The molecule has 1 saturated carbocycles. The number of rotatable bonds is 7. The number of hydrogen-bond acceptors (Lipinski definition) is 7.